The molecule has 144 valence electrons. The van der Waals surface area contributed by atoms with E-state index in [1.807, 2.05) is 6.07 Å². The van der Waals surface area contributed by atoms with E-state index in [4.69, 9.17) is 0 Å². The summed E-state index contributed by atoms with van der Waals surface area (Å²) >= 11 is 0. The van der Waals surface area contributed by atoms with Crippen LogP contribution < -0.4 is 10.5 Å². The van der Waals surface area contributed by atoms with Crippen LogP contribution in [0.15, 0.2) is 41.2 Å². The predicted octanol–water partition coefficient (Wildman–Crippen LogP) is 2.01. The van der Waals surface area contributed by atoms with Gasteiger partial charge in [0, 0.05) is 54.6 Å². The van der Waals surface area contributed by atoms with Crippen molar-refractivity contribution in [3.8, 4) is 0 Å². The Morgan fingerprint density at radius 3 is 2.79 bits per heavy atom. The topological polar surface area (TPSA) is 106 Å². The molecular weight excluding hydrogens is 362 g/mol. The number of aliphatic carboxylic acids is 1. The summed E-state index contributed by atoms with van der Waals surface area (Å²) in [6.07, 6.45) is 1.13. The molecule has 1 aromatic carbocycles. The Morgan fingerprint density at radius 1 is 1.21 bits per heavy atom. The number of piperidine rings is 1. The number of carboxylic acid groups (broad SMARTS) is 1. The number of hydrogen-bond donors (Lipinski definition) is 1. The highest BCUT2D eigenvalue weighted by atomic mass is 16.6. The van der Waals surface area contributed by atoms with Gasteiger partial charge in [0.05, 0.1) is 10.8 Å². The molecule has 2 bridgehead atoms. The highest BCUT2D eigenvalue weighted by molar-refractivity contribution is 5.76. The molecule has 2 aromatic rings. The van der Waals surface area contributed by atoms with Crippen molar-refractivity contribution >= 4 is 17.3 Å². The van der Waals surface area contributed by atoms with Gasteiger partial charge in [-0.3, -0.25) is 19.7 Å². The third-order valence-electron chi connectivity index (χ3n) is 6.52. The normalized spacial score (nSPS) is 27.4. The van der Waals surface area contributed by atoms with Crippen molar-refractivity contribution in [2.45, 2.75) is 31.3 Å². The van der Waals surface area contributed by atoms with E-state index in [1.165, 1.54) is 12.1 Å². The average molecular weight is 381 g/mol. The molecule has 1 saturated heterocycles. The number of benzene rings is 1. The molecule has 8 nitrogen and oxygen atoms in total. The fourth-order valence-electron chi connectivity index (χ4n) is 5.44. The number of non-ortho nitro benzene ring substituents is 1. The quantitative estimate of drug-likeness (QED) is 0.630. The van der Waals surface area contributed by atoms with Crippen LogP contribution in [-0.2, 0) is 17.8 Å². The van der Waals surface area contributed by atoms with E-state index in [9.17, 15) is 24.8 Å². The minimum absolute atomic E-state index is 0.0181. The van der Waals surface area contributed by atoms with Gasteiger partial charge >= 0.3 is 5.97 Å². The van der Waals surface area contributed by atoms with Gasteiger partial charge in [-0.15, -0.1) is 0 Å². The Bertz CT molecular complexity index is 1060. The van der Waals surface area contributed by atoms with Crippen molar-refractivity contribution in [1.29, 1.82) is 0 Å². The standard InChI is InChI=1S/C20H19N3O5/c24-18-3-1-2-16-12-6-13(10-21(16)18)19-15(20(25)26)8-11-7-14(23(27)28)4-5-17(11)22(19)9-12/h1-5,7,12-13,15,19H,6,8-10H2,(H,25,26)/t12-,13+,15-,19+/m1/s1. The number of nitrogens with zero attached hydrogens (tertiary/aromatic N) is 3. The molecule has 5 rings (SSSR count). The van der Waals surface area contributed by atoms with Crippen LogP contribution in [0.1, 0.15) is 23.6 Å². The van der Waals surface area contributed by atoms with Crippen LogP contribution in [-0.4, -0.2) is 33.2 Å². The van der Waals surface area contributed by atoms with E-state index in [0.29, 0.717) is 18.7 Å². The second-order valence-corrected chi connectivity index (χ2v) is 7.95. The molecule has 0 radical (unpaired) electrons. The minimum Gasteiger partial charge on any atom is -0.481 e. The molecule has 28 heavy (non-hydrogen) atoms. The summed E-state index contributed by atoms with van der Waals surface area (Å²) in [6.45, 7) is 1.12. The summed E-state index contributed by atoms with van der Waals surface area (Å²) in [4.78, 5) is 37.3. The van der Waals surface area contributed by atoms with E-state index in [-0.39, 0.29) is 35.5 Å². The van der Waals surface area contributed by atoms with Crippen molar-refractivity contribution in [3.63, 3.8) is 0 Å². The van der Waals surface area contributed by atoms with E-state index < -0.39 is 16.8 Å². The number of carboxylic acids is 1. The SMILES string of the molecule is O=C(O)[C@@H]1Cc2cc([N+](=O)[O-])ccc2N2C[C@H]3C[C@@H](Cn4c3cccc4=O)[C@@H]12. The van der Waals surface area contributed by atoms with Gasteiger partial charge in [0.1, 0.15) is 0 Å². The predicted molar refractivity (Wildman–Crippen MR) is 101 cm³/mol. The second-order valence-electron chi connectivity index (χ2n) is 7.95. The molecule has 3 aliphatic rings. The molecule has 0 spiro atoms. The van der Waals surface area contributed by atoms with Crippen molar-refractivity contribution in [1.82, 2.24) is 4.57 Å². The molecule has 0 unspecified atom stereocenters. The van der Waals surface area contributed by atoms with Crippen LogP contribution in [0.2, 0.25) is 0 Å². The number of nitro groups is 1. The van der Waals surface area contributed by atoms with E-state index >= 15 is 0 Å². The maximum atomic E-state index is 12.3. The number of rotatable bonds is 2. The summed E-state index contributed by atoms with van der Waals surface area (Å²) in [5.41, 5.74) is 2.52. The van der Waals surface area contributed by atoms with Gasteiger partial charge in [-0.05, 0) is 36.5 Å². The summed E-state index contributed by atoms with van der Waals surface area (Å²) in [5.74, 6) is -1.35. The Balaban J connectivity index is 1.64. The van der Waals surface area contributed by atoms with Crippen molar-refractivity contribution in [3.05, 3.63) is 68.1 Å². The fraction of sp³-hybridized carbons (Fsp3) is 0.400. The van der Waals surface area contributed by atoms with Crippen molar-refractivity contribution < 1.29 is 14.8 Å². The minimum atomic E-state index is -0.892. The number of hydrogen-bond acceptors (Lipinski definition) is 5. The Kier molecular flexibility index (Phi) is 3.59. The van der Waals surface area contributed by atoms with Crippen molar-refractivity contribution in [2.24, 2.45) is 11.8 Å². The average Bonchev–Trinajstić information content (AvgIpc) is 2.67. The molecule has 0 saturated carbocycles. The molecule has 0 amide bonds. The van der Waals surface area contributed by atoms with Gasteiger partial charge in [-0.25, -0.2) is 0 Å². The first-order valence-electron chi connectivity index (χ1n) is 9.40. The lowest BCUT2D eigenvalue weighted by molar-refractivity contribution is -0.384. The van der Waals surface area contributed by atoms with Crippen LogP contribution >= 0.6 is 0 Å². The molecule has 4 heterocycles. The van der Waals surface area contributed by atoms with E-state index in [1.54, 1.807) is 22.8 Å². The molecule has 1 N–H and O–H groups in total. The number of anilines is 1. The third-order valence-corrected chi connectivity index (χ3v) is 6.52. The van der Waals surface area contributed by atoms with Gasteiger partial charge in [0.25, 0.3) is 11.2 Å². The molecule has 1 aromatic heterocycles. The second kappa shape index (κ2) is 5.92. The van der Waals surface area contributed by atoms with Crippen LogP contribution in [0, 0.1) is 22.0 Å². The zero-order valence-electron chi connectivity index (χ0n) is 15.0. The molecule has 1 fully saturated rings. The summed E-state index contributed by atoms with van der Waals surface area (Å²) < 4.78 is 1.79. The highest BCUT2D eigenvalue weighted by Gasteiger charge is 2.49. The number of carbonyl (C=O) groups is 1. The largest absolute Gasteiger partial charge is 0.481 e. The third kappa shape index (κ3) is 2.37. The molecule has 0 aliphatic carbocycles. The maximum absolute atomic E-state index is 12.3. The van der Waals surface area contributed by atoms with Gasteiger partial charge in [0.15, 0.2) is 0 Å². The van der Waals surface area contributed by atoms with Gasteiger partial charge < -0.3 is 14.6 Å². The maximum Gasteiger partial charge on any atom is 0.308 e. The first-order valence-corrected chi connectivity index (χ1v) is 9.40. The molecule has 4 atom stereocenters. The van der Waals surface area contributed by atoms with Gasteiger partial charge in [-0.1, -0.05) is 6.07 Å². The number of aromatic nitrogens is 1. The first-order chi connectivity index (χ1) is 13.4. The smallest absolute Gasteiger partial charge is 0.308 e. The van der Waals surface area contributed by atoms with Gasteiger partial charge in [0.2, 0.25) is 0 Å². The molecular formula is C20H19N3O5. The lowest BCUT2D eigenvalue weighted by Crippen LogP contribution is -2.60. The Labute approximate surface area is 160 Å². The first kappa shape index (κ1) is 17.0. The summed E-state index contributed by atoms with van der Waals surface area (Å²) in [6, 6.07) is 9.81. The molecule has 3 aliphatic heterocycles. The number of pyridine rings is 1. The zero-order valence-corrected chi connectivity index (χ0v) is 15.0. The zero-order chi connectivity index (χ0) is 19.6. The number of fused-ring (bicyclic) bond motifs is 8. The van der Waals surface area contributed by atoms with Crippen LogP contribution in [0.3, 0.4) is 0 Å². The summed E-state index contributed by atoms with van der Waals surface area (Å²) in [5, 5.41) is 21.1. The Morgan fingerprint density at radius 2 is 2.04 bits per heavy atom. The van der Waals surface area contributed by atoms with Crippen molar-refractivity contribution in [2.75, 3.05) is 11.4 Å². The van der Waals surface area contributed by atoms with Gasteiger partial charge in [-0.2, -0.15) is 0 Å². The van der Waals surface area contributed by atoms with Crippen LogP contribution in [0.4, 0.5) is 11.4 Å². The monoisotopic (exact) mass is 381 g/mol. The fourth-order valence-corrected chi connectivity index (χ4v) is 5.44. The lowest BCUT2D eigenvalue weighted by atomic mass is 9.70. The highest BCUT2D eigenvalue weighted by Crippen LogP contribution is 2.47. The number of nitro benzene ring substituents is 1. The van der Waals surface area contributed by atoms with E-state index in [2.05, 4.69) is 4.90 Å². The summed E-state index contributed by atoms with van der Waals surface area (Å²) in [7, 11) is 0. The van der Waals surface area contributed by atoms with Crippen LogP contribution in [0.5, 0.6) is 0 Å². The lowest BCUT2D eigenvalue weighted by Gasteiger charge is -2.53. The van der Waals surface area contributed by atoms with E-state index in [0.717, 1.165) is 17.8 Å². The Hall–Kier alpha value is -3.16. The van der Waals surface area contributed by atoms with Crippen LogP contribution in [0.25, 0.3) is 0 Å². The molecule has 8 heteroatoms.